The summed E-state index contributed by atoms with van der Waals surface area (Å²) in [5.41, 5.74) is 6.24. The molecule has 0 unspecified atom stereocenters. The van der Waals surface area contributed by atoms with Crippen LogP contribution in [-0.2, 0) is 6.54 Å². The van der Waals surface area contributed by atoms with Crippen LogP contribution >= 0.6 is 0 Å². The summed E-state index contributed by atoms with van der Waals surface area (Å²) in [6.45, 7) is -0.0308. The average Bonchev–Trinajstić information content (AvgIpc) is 3.35. The number of halogens is 2. The molecule has 0 bridgehead atoms. The Morgan fingerprint density at radius 2 is 1.85 bits per heavy atom. The number of nitrogens with one attached hydrogen (secondary N) is 1. The van der Waals surface area contributed by atoms with Gasteiger partial charge in [0.2, 0.25) is 5.95 Å². The van der Waals surface area contributed by atoms with E-state index in [1.807, 2.05) is 0 Å². The first-order chi connectivity index (χ1) is 16.5. The van der Waals surface area contributed by atoms with Gasteiger partial charge in [-0.3, -0.25) is 9.80 Å². The van der Waals surface area contributed by atoms with Crippen LogP contribution in [0.3, 0.4) is 0 Å². The quantitative estimate of drug-likeness (QED) is 0.672. The summed E-state index contributed by atoms with van der Waals surface area (Å²) in [4.78, 5) is 25.6. The largest absolute Gasteiger partial charge is 0.494 e. The molecule has 2 heterocycles. The molecule has 0 saturated heterocycles. The van der Waals surface area contributed by atoms with E-state index in [0.717, 1.165) is 62.3 Å². The molecule has 0 spiro atoms. The molecule has 1 aliphatic heterocycles. The predicted octanol–water partition coefficient (Wildman–Crippen LogP) is 4.33. The number of carbonyl (C=O) groups excluding carboxylic acids is 1. The first-order valence-electron chi connectivity index (χ1n) is 12.0. The zero-order chi connectivity index (χ0) is 23.8. The lowest BCUT2D eigenvalue weighted by Crippen LogP contribution is -2.52. The smallest absolute Gasteiger partial charge is 0.330 e. The molecule has 2 aliphatic carbocycles. The molecule has 0 atom stereocenters. The van der Waals surface area contributed by atoms with Gasteiger partial charge in [0.15, 0.2) is 11.6 Å². The molecule has 34 heavy (non-hydrogen) atoms. The molecule has 1 aromatic carbocycles. The second kappa shape index (κ2) is 9.32. The lowest BCUT2D eigenvalue weighted by Gasteiger charge is -2.39. The number of nitrogens with two attached hydrogens (primary N) is 1. The van der Waals surface area contributed by atoms with E-state index in [0.29, 0.717) is 17.3 Å². The van der Waals surface area contributed by atoms with Crippen LogP contribution in [0.15, 0.2) is 18.3 Å². The molecule has 0 radical (unpaired) electrons. The van der Waals surface area contributed by atoms with Crippen molar-refractivity contribution in [2.45, 2.75) is 76.0 Å². The van der Waals surface area contributed by atoms with Gasteiger partial charge in [-0.1, -0.05) is 12.8 Å². The zero-order valence-corrected chi connectivity index (χ0v) is 19.3. The van der Waals surface area contributed by atoms with Crippen LogP contribution in [0.5, 0.6) is 5.75 Å². The van der Waals surface area contributed by atoms with E-state index in [2.05, 4.69) is 10.3 Å². The van der Waals surface area contributed by atoms with E-state index in [9.17, 15) is 9.18 Å². The van der Waals surface area contributed by atoms with Gasteiger partial charge in [0.1, 0.15) is 17.3 Å². The third-order valence-electron chi connectivity index (χ3n) is 7.15. The number of hydrogen-bond acceptors (Lipinski definition) is 6. The van der Waals surface area contributed by atoms with Gasteiger partial charge in [-0.2, -0.15) is 4.98 Å². The number of benzene rings is 1. The summed E-state index contributed by atoms with van der Waals surface area (Å²) >= 11 is 0. The van der Waals surface area contributed by atoms with Crippen LogP contribution in [0.25, 0.3) is 0 Å². The van der Waals surface area contributed by atoms with Crippen LogP contribution in [0.4, 0.5) is 31.0 Å². The highest BCUT2D eigenvalue weighted by Gasteiger charge is 2.40. The second-order valence-corrected chi connectivity index (χ2v) is 9.39. The fourth-order valence-corrected chi connectivity index (χ4v) is 5.29. The number of fused-ring (bicyclic) bond motifs is 1. The number of amides is 2. The van der Waals surface area contributed by atoms with Gasteiger partial charge < -0.3 is 15.8 Å². The van der Waals surface area contributed by atoms with E-state index in [-0.39, 0.29) is 30.4 Å². The number of aromatic nitrogens is 2. The minimum Gasteiger partial charge on any atom is -0.494 e. The maximum Gasteiger partial charge on any atom is 0.330 e. The van der Waals surface area contributed by atoms with Crippen LogP contribution in [-0.4, -0.2) is 41.2 Å². The number of anilines is 3. The second-order valence-electron chi connectivity index (χ2n) is 9.39. The van der Waals surface area contributed by atoms with Crippen LogP contribution in [0.2, 0.25) is 0 Å². The summed E-state index contributed by atoms with van der Waals surface area (Å²) in [6, 6.07) is 2.22. The topological polar surface area (TPSA) is 96.6 Å². The van der Waals surface area contributed by atoms with E-state index < -0.39 is 23.4 Å². The van der Waals surface area contributed by atoms with Crippen molar-refractivity contribution in [1.82, 2.24) is 9.97 Å². The zero-order valence-electron chi connectivity index (χ0n) is 19.3. The Labute approximate surface area is 197 Å². The lowest BCUT2D eigenvalue weighted by molar-refractivity contribution is 0.246. The van der Waals surface area contributed by atoms with Crippen molar-refractivity contribution in [3.63, 3.8) is 0 Å². The molecule has 2 amide bonds. The first-order valence-corrected chi connectivity index (χ1v) is 12.0. The molecule has 5 rings (SSSR count). The number of urea groups is 1. The Kier molecular flexibility index (Phi) is 6.24. The van der Waals surface area contributed by atoms with Crippen molar-refractivity contribution in [3.05, 3.63) is 35.5 Å². The van der Waals surface area contributed by atoms with Gasteiger partial charge in [0.05, 0.1) is 13.7 Å². The van der Waals surface area contributed by atoms with Crippen molar-refractivity contribution >= 4 is 23.5 Å². The highest BCUT2D eigenvalue weighted by molar-refractivity contribution is 6.06. The Morgan fingerprint density at radius 1 is 1.12 bits per heavy atom. The first kappa shape index (κ1) is 22.8. The van der Waals surface area contributed by atoms with Gasteiger partial charge in [0, 0.05) is 29.9 Å². The van der Waals surface area contributed by atoms with E-state index >= 15 is 4.39 Å². The van der Waals surface area contributed by atoms with Crippen LogP contribution in [0.1, 0.15) is 56.9 Å². The maximum absolute atomic E-state index is 15.1. The fourth-order valence-electron chi connectivity index (χ4n) is 5.29. The van der Waals surface area contributed by atoms with Crippen LogP contribution < -0.4 is 25.6 Å². The Bertz CT molecular complexity index is 1070. The van der Waals surface area contributed by atoms with Crippen molar-refractivity contribution in [2.75, 3.05) is 22.2 Å². The van der Waals surface area contributed by atoms with Gasteiger partial charge in [-0.05, 0) is 50.7 Å². The summed E-state index contributed by atoms with van der Waals surface area (Å²) in [6.07, 6.45) is 9.03. The average molecular weight is 473 g/mol. The minimum atomic E-state index is -0.902. The molecule has 2 aromatic rings. The molecule has 1 aromatic heterocycles. The Balaban J connectivity index is 1.50. The number of methoxy groups -OCH3 is 1. The molecule has 10 heteroatoms. The number of rotatable bonds is 5. The molecule has 2 fully saturated rings. The number of ether oxygens (including phenoxy) is 1. The highest BCUT2D eigenvalue weighted by atomic mass is 19.1. The molecule has 2 saturated carbocycles. The monoisotopic (exact) mass is 472 g/mol. The minimum absolute atomic E-state index is 0.0308. The molecule has 8 nitrogen and oxygen atoms in total. The van der Waals surface area contributed by atoms with Crippen molar-refractivity contribution in [1.29, 1.82) is 0 Å². The molecule has 3 N–H and O–H groups in total. The molecular weight excluding hydrogens is 442 g/mol. The van der Waals surface area contributed by atoms with Gasteiger partial charge in [-0.25, -0.2) is 18.6 Å². The van der Waals surface area contributed by atoms with Crippen LogP contribution in [0, 0.1) is 11.6 Å². The van der Waals surface area contributed by atoms with Crippen molar-refractivity contribution in [2.24, 2.45) is 5.73 Å². The molecule has 3 aliphatic rings. The van der Waals surface area contributed by atoms with E-state index in [4.69, 9.17) is 15.5 Å². The number of carbonyl (C=O) groups is 1. The van der Waals surface area contributed by atoms with Gasteiger partial charge in [-0.15, -0.1) is 0 Å². The summed E-state index contributed by atoms with van der Waals surface area (Å²) in [5, 5.41) is 3.39. The fraction of sp³-hybridized carbons (Fsp3) is 0.542. The van der Waals surface area contributed by atoms with E-state index in [1.54, 1.807) is 11.1 Å². The SMILES string of the molecule is COc1ccc(F)c(N2Cc3cnc(NC4CCC(N)CC4)nc3N(C3CCCC3)C2=O)c1F. The van der Waals surface area contributed by atoms with Gasteiger partial charge >= 0.3 is 6.03 Å². The molecule has 182 valence electrons. The lowest BCUT2D eigenvalue weighted by atomic mass is 9.92. The molecular formula is C24H30F2N6O2. The Morgan fingerprint density at radius 3 is 2.56 bits per heavy atom. The Hall–Kier alpha value is -3.01. The highest BCUT2D eigenvalue weighted by Crippen LogP contribution is 2.39. The van der Waals surface area contributed by atoms with Gasteiger partial charge in [0.25, 0.3) is 0 Å². The summed E-state index contributed by atoms with van der Waals surface area (Å²) in [7, 11) is 1.31. The van der Waals surface area contributed by atoms with E-state index in [1.165, 1.54) is 13.2 Å². The summed E-state index contributed by atoms with van der Waals surface area (Å²) in [5.74, 6) is -0.869. The van der Waals surface area contributed by atoms with Crippen molar-refractivity contribution < 1.29 is 18.3 Å². The number of hydrogen-bond donors (Lipinski definition) is 2. The predicted molar refractivity (Wildman–Crippen MR) is 125 cm³/mol. The normalized spacial score (nSPS) is 23.2. The van der Waals surface area contributed by atoms with Crippen molar-refractivity contribution in [3.8, 4) is 5.75 Å². The third-order valence-corrected chi connectivity index (χ3v) is 7.15. The standard InChI is InChI=1S/C24H30F2N6O2/c1-34-19-11-10-18(25)21(20(19)26)31-13-14-12-28-23(29-16-8-6-15(27)7-9-16)30-22(14)32(24(31)33)17-4-2-3-5-17/h10-12,15-17H,2-9,13,27H2,1H3,(H,28,29,30). The summed E-state index contributed by atoms with van der Waals surface area (Å²) < 4.78 is 34.9. The third kappa shape index (κ3) is 4.15. The maximum atomic E-state index is 15.1. The number of nitrogens with zero attached hydrogens (tertiary/aromatic N) is 4.